The molecule has 0 bridgehead atoms. The highest BCUT2D eigenvalue weighted by Crippen LogP contribution is 2.13. The van der Waals surface area contributed by atoms with E-state index in [1.807, 2.05) is 29.2 Å². The van der Waals surface area contributed by atoms with Gasteiger partial charge in [-0.2, -0.15) is 0 Å². The summed E-state index contributed by atoms with van der Waals surface area (Å²) in [5.41, 5.74) is 1.96. The van der Waals surface area contributed by atoms with Gasteiger partial charge in [0.05, 0.1) is 6.10 Å². The number of benzene rings is 1. The maximum absolute atomic E-state index is 12.3. The minimum atomic E-state index is -0.456. The lowest BCUT2D eigenvalue weighted by atomic mass is 10.1. The Balaban J connectivity index is 1.56. The maximum atomic E-state index is 12.3. The molecule has 1 aromatic carbocycles. The van der Waals surface area contributed by atoms with Crippen LogP contribution in [-0.2, 0) is 13.6 Å². The van der Waals surface area contributed by atoms with E-state index in [9.17, 15) is 9.90 Å². The standard InChI is InChI=1S/C20H28N6O2/c1-15(27)17-6-4-16(5-7-17)14-23-20(21-2)26-12-10-25(11-13-26)18-19(28)24(3)9-8-22-18/h4-9,15,27H,10-14H2,1-3H3,(H,21,23). The molecule has 0 radical (unpaired) electrons. The third-order valence-corrected chi connectivity index (χ3v) is 5.00. The number of hydrogen-bond donors (Lipinski definition) is 2. The van der Waals surface area contributed by atoms with Gasteiger partial charge in [-0.3, -0.25) is 9.79 Å². The Labute approximate surface area is 165 Å². The minimum Gasteiger partial charge on any atom is -0.389 e. The SMILES string of the molecule is CN=C(NCc1ccc(C(C)O)cc1)N1CCN(c2nccn(C)c2=O)CC1. The second-order valence-electron chi connectivity index (χ2n) is 6.96. The van der Waals surface area contributed by atoms with E-state index >= 15 is 0 Å². The van der Waals surface area contributed by atoms with Gasteiger partial charge in [0, 0.05) is 59.2 Å². The van der Waals surface area contributed by atoms with E-state index in [2.05, 4.69) is 20.2 Å². The molecule has 8 heteroatoms. The molecule has 0 spiro atoms. The Hall–Kier alpha value is -2.87. The highest BCUT2D eigenvalue weighted by Gasteiger charge is 2.22. The van der Waals surface area contributed by atoms with Gasteiger partial charge in [-0.1, -0.05) is 24.3 Å². The normalized spacial score (nSPS) is 16.2. The zero-order chi connectivity index (χ0) is 20.1. The summed E-state index contributed by atoms with van der Waals surface area (Å²) in [6.07, 6.45) is 2.87. The second kappa shape index (κ2) is 8.88. The van der Waals surface area contributed by atoms with E-state index < -0.39 is 6.10 Å². The van der Waals surface area contributed by atoms with E-state index in [0.717, 1.165) is 43.3 Å². The van der Waals surface area contributed by atoms with Crippen LogP contribution in [0.25, 0.3) is 0 Å². The zero-order valence-corrected chi connectivity index (χ0v) is 16.7. The predicted octanol–water partition coefficient (Wildman–Crippen LogP) is 0.731. The molecule has 8 nitrogen and oxygen atoms in total. The van der Waals surface area contributed by atoms with Crippen molar-refractivity contribution < 1.29 is 5.11 Å². The molecule has 2 heterocycles. The molecule has 0 saturated carbocycles. The molecular weight excluding hydrogens is 356 g/mol. The Morgan fingerprint density at radius 1 is 1.25 bits per heavy atom. The Morgan fingerprint density at radius 2 is 1.93 bits per heavy atom. The monoisotopic (exact) mass is 384 g/mol. The summed E-state index contributed by atoms with van der Waals surface area (Å²) in [5, 5.41) is 13.0. The van der Waals surface area contributed by atoms with Crippen LogP contribution in [0, 0.1) is 0 Å². The van der Waals surface area contributed by atoms with Crippen molar-refractivity contribution in [3.63, 3.8) is 0 Å². The van der Waals surface area contributed by atoms with Crippen molar-refractivity contribution in [2.24, 2.45) is 12.0 Å². The average molecular weight is 384 g/mol. The Bertz CT molecular complexity index is 867. The van der Waals surface area contributed by atoms with Crippen molar-refractivity contribution in [3.8, 4) is 0 Å². The quantitative estimate of drug-likeness (QED) is 0.597. The van der Waals surface area contributed by atoms with E-state index in [0.29, 0.717) is 12.4 Å². The molecule has 1 aromatic heterocycles. The molecule has 3 rings (SSSR count). The first-order chi connectivity index (χ1) is 13.5. The van der Waals surface area contributed by atoms with Crippen molar-refractivity contribution in [2.45, 2.75) is 19.6 Å². The van der Waals surface area contributed by atoms with Gasteiger partial charge in [0.15, 0.2) is 11.8 Å². The van der Waals surface area contributed by atoms with Gasteiger partial charge < -0.3 is 24.8 Å². The molecule has 28 heavy (non-hydrogen) atoms. The molecule has 1 atom stereocenters. The van der Waals surface area contributed by atoms with Gasteiger partial charge in [-0.25, -0.2) is 4.98 Å². The van der Waals surface area contributed by atoms with Gasteiger partial charge in [-0.15, -0.1) is 0 Å². The largest absolute Gasteiger partial charge is 0.389 e. The van der Waals surface area contributed by atoms with Crippen molar-refractivity contribution in [1.82, 2.24) is 19.8 Å². The number of aliphatic hydroxyl groups is 1. The maximum Gasteiger partial charge on any atom is 0.293 e. The highest BCUT2D eigenvalue weighted by molar-refractivity contribution is 5.80. The molecule has 150 valence electrons. The summed E-state index contributed by atoms with van der Waals surface area (Å²) in [6, 6.07) is 7.90. The van der Waals surface area contributed by atoms with Crippen LogP contribution in [0.2, 0.25) is 0 Å². The van der Waals surface area contributed by atoms with Gasteiger partial charge in [0.2, 0.25) is 0 Å². The molecule has 1 fully saturated rings. The molecule has 1 aliphatic heterocycles. The lowest BCUT2D eigenvalue weighted by Crippen LogP contribution is -2.53. The molecule has 0 aliphatic carbocycles. The van der Waals surface area contributed by atoms with Crippen LogP contribution >= 0.6 is 0 Å². The number of hydrogen-bond acceptors (Lipinski definition) is 5. The molecule has 1 unspecified atom stereocenters. The number of nitrogens with one attached hydrogen (secondary N) is 1. The number of aliphatic hydroxyl groups excluding tert-OH is 1. The predicted molar refractivity (Wildman–Crippen MR) is 111 cm³/mol. The molecule has 0 amide bonds. The molecular formula is C20H28N6O2. The lowest BCUT2D eigenvalue weighted by Gasteiger charge is -2.36. The summed E-state index contributed by atoms with van der Waals surface area (Å²) in [6.45, 7) is 5.39. The number of rotatable bonds is 4. The minimum absolute atomic E-state index is 0.0703. The fraction of sp³-hybridized carbons (Fsp3) is 0.450. The third-order valence-electron chi connectivity index (χ3n) is 5.00. The fourth-order valence-corrected chi connectivity index (χ4v) is 3.26. The summed E-state index contributed by atoms with van der Waals surface area (Å²) < 4.78 is 1.55. The molecule has 1 aliphatic rings. The first-order valence-corrected chi connectivity index (χ1v) is 9.48. The van der Waals surface area contributed by atoms with Crippen LogP contribution in [0.5, 0.6) is 0 Å². The van der Waals surface area contributed by atoms with E-state index in [4.69, 9.17) is 0 Å². The zero-order valence-electron chi connectivity index (χ0n) is 16.7. The van der Waals surface area contributed by atoms with Crippen LogP contribution < -0.4 is 15.8 Å². The van der Waals surface area contributed by atoms with E-state index in [1.54, 1.807) is 38.0 Å². The number of aryl methyl sites for hydroxylation is 1. The first kappa shape index (κ1) is 19.9. The summed E-state index contributed by atoms with van der Waals surface area (Å²) >= 11 is 0. The van der Waals surface area contributed by atoms with Crippen LogP contribution in [0.4, 0.5) is 5.82 Å². The van der Waals surface area contributed by atoms with Crippen molar-refractivity contribution >= 4 is 11.8 Å². The van der Waals surface area contributed by atoms with E-state index in [-0.39, 0.29) is 5.56 Å². The molecule has 2 aromatic rings. The van der Waals surface area contributed by atoms with Crippen molar-refractivity contribution in [3.05, 3.63) is 58.1 Å². The van der Waals surface area contributed by atoms with Crippen LogP contribution in [0.15, 0.2) is 46.4 Å². The number of aliphatic imine (C=N–C) groups is 1. The van der Waals surface area contributed by atoms with Gasteiger partial charge >= 0.3 is 0 Å². The number of guanidine groups is 1. The smallest absolute Gasteiger partial charge is 0.293 e. The summed E-state index contributed by atoms with van der Waals surface area (Å²) in [7, 11) is 3.52. The number of anilines is 1. The average Bonchev–Trinajstić information content (AvgIpc) is 2.71. The topological polar surface area (TPSA) is 86.0 Å². The molecule has 1 saturated heterocycles. The number of nitrogens with zero attached hydrogens (tertiary/aromatic N) is 5. The van der Waals surface area contributed by atoms with Crippen LogP contribution in [0.1, 0.15) is 24.2 Å². The number of piperazine rings is 1. The van der Waals surface area contributed by atoms with Crippen LogP contribution in [0.3, 0.4) is 0 Å². The first-order valence-electron chi connectivity index (χ1n) is 9.48. The highest BCUT2D eigenvalue weighted by atomic mass is 16.3. The fourth-order valence-electron chi connectivity index (χ4n) is 3.26. The Morgan fingerprint density at radius 3 is 2.54 bits per heavy atom. The summed E-state index contributed by atoms with van der Waals surface area (Å²) in [5.74, 6) is 1.35. The van der Waals surface area contributed by atoms with E-state index in [1.165, 1.54) is 0 Å². The van der Waals surface area contributed by atoms with Crippen molar-refractivity contribution in [1.29, 1.82) is 0 Å². The second-order valence-corrected chi connectivity index (χ2v) is 6.96. The third kappa shape index (κ3) is 4.51. The molecule has 2 N–H and O–H groups in total. The summed E-state index contributed by atoms with van der Waals surface area (Å²) in [4.78, 5) is 25.1. The lowest BCUT2D eigenvalue weighted by molar-refractivity contribution is 0.199. The van der Waals surface area contributed by atoms with Gasteiger partial charge in [0.1, 0.15) is 0 Å². The van der Waals surface area contributed by atoms with Gasteiger partial charge in [-0.05, 0) is 18.1 Å². The Kier molecular flexibility index (Phi) is 6.30. The van der Waals surface area contributed by atoms with Crippen LogP contribution in [-0.4, -0.2) is 58.7 Å². The van der Waals surface area contributed by atoms with Crippen molar-refractivity contribution in [2.75, 3.05) is 38.1 Å². The number of aromatic nitrogens is 2. The van der Waals surface area contributed by atoms with Gasteiger partial charge in [0.25, 0.3) is 5.56 Å².